The minimum Gasteiger partial charge on any atom is -0.368 e. The summed E-state index contributed by atoms with van der Waals surface area (Å²) in [4.78, 5) is 27.9. The fourth-order valence-corrected chi connectivity index (χ4v) is 2.79. The number of piperazine rings is 1. The van der Waals surface area contributed by atoms with Gasteiger partial charge < -0.3 is 20.3 Å². The van der Waals surface area contributed by atoms with Crippen LogP contribution >= 0.6 is 0 Å². The summed E-state index contributed by atoms with van der Waals surface area (Å²) < 4.78 is 5.42. The molecule has 0 saturated carbocycles. The number of amides is 2. The molecule has 6 nitrogen and oxygen atoms in total. The van der Waals surface area contributed by atoms with Gasteiger partial charge in [0.05, 0.1) is 6.04 Å². The van der Waals surface area contributed by atoms with Crippen molar-refractivity contribution in [3.8, 4) is 0 Å². The van der Waals surface area contributed by atoms with Gasteiger partial charge in [0.25, 0.3) is 5.91 Å². The Bertz CT molecular complexity index is 348. The average Bonchev–Trinajstić information content (AvgIpc) is 3.00. The van der Waals surface area contributed by atoms with E-state index in [-0.39, 0.29) is 17.9 Å². The molecule has 2 aliphatic rings. The Morgan fingerprint density at radius 2 is 1.90 bits per heavy atom. The van der Waals surface area contributed by atoms with Crippen LogP contribution in [0.2, 0.25) is 0 Å². The first-order valence-corrected chi connectivity index (χ1v) is 7.58. The fraction of sp³-hybridized carbons (Fsp3) is 0.857. The number of hydrogen-bond acceptors (Lipinski definition) is 4. The molecule has 114 valence electrons. The lowest BCUT2D eigenvalue weighted by Crippen LogP contribution is -2.55. The molecule has 0 aliphatic carbocycles. The van der Waals surface area contributed by atoms with E-state index in [4.69, 9.17) is 10.5 Å². The van der Waals surface area contributed by atoms with Gasteiger partial charge in [-0.1, -0.05) is 13.3 Å². The van der Waals surface area contributed by atoms with Crippen LogP contribution in [-0.4, -0.2) is 66.5 Å². The van der Waals surface area contributed by atoms with Gasteiger partial charge in [-0.2, -0.15) is 0 Å². The fourth-order valence-electron chi connectivity index (χ4n) is 2.79. The van der Waals surface area contributed by atoms with Crippen molar-refractivity contribution < 1.29 is 14.3 Å². The highest BCUT2D eigenvalue weighted by molar-refractivity contribution is 5.83. The molecule has 0 aromatic carbocycles. The average molecular weight is 283 g/mol. The second-order valence-electron chi connectivity index (χ2n) is 5.55. The van der Waals surface area contributed by atoms with Crippen molar-refractivity contribution in [2.45, 2.75) is 44.8 Å². The summed E-state index contributed by atoms with van der Waals surface area (Å²) in [5.74, 6) is 0.0866. The van der Waals surface area contributed by atoms with Crippen LogP contribution in [0.3, 0.4) is 0 Å². The number of nitrogens with two attached hydrogens (primary N) is 1. The summed E-state index contributed by atoms with van der Waals surface area (Å²) >= 11 is 0. The number of carbonyl (C=O) groups excluding carboxylic acids is 2. The third-order valence-corrected chi connectivity index (χ3v) is 4.03. The highest BCUT2D eigenvalue weighted by atomic mass is 16.5. The van der Waals surface area contributed by atoms with Crippen molar-refractivity contribution in [3.63, 3.8) is 0 Å². The quantitative estimate of drug-likeness (QED) is 0.786. The van der Waals surface area contributed by atoms with Gasteiger partial charge in [-0.05, 0) is 19.3 Å². The monoisotopic (exact) mass is 283 g/mol. The first kappa shape index (κ1) is 15.3. The van der Waals surface area contributed by atoms with Gasteiger partial charge in [0, 0.05) is 32.8 Å². The molecule has 2 rings (SSSR count). The smallest absolute Gasteiger partial charge is 0.251 e. The highest BCUT2D eigenvalue weighted by Crippen LogP contribution is 2.16. The molecule has 6 heteroatoms. The third kappa shape index (κ3) is 3.49. The normalized spacial score (nSPS) is 24.8. The molecule has 2 N–H and O–H groups in total. The lowest BCUT2D eigenvalue weighted by atomic mass is 10.1. The van der Waals surface area contributed by atoms with Crippen molar-refractivity contribution in [1.29, 1.82) is 0 Å². The molecule has 2 fully saturated rings. The van der Waals surface area contributed by atoms with E-state index in [0.29, 0.717) is 39.2 Å². The van der Waals surface area contributed by atoms with Crippen LogP contribution in [0.25, 0.3) is 0 Å². The van der Waals surface area contributed by atoms with Crippen LogP contribution in [0, 0.1) is 0 Å². The van der Waals surface area contributed by atoms with Gasteiger partial charge in [-0.15, -0.1) is 0 Å². The molecule has 2 heterocycles. The molecule has 2 aliphatic heterocycles. The SMILES string of the molecule is CCC[C@H](N)C(=O)N1CCN(C(=O)C2CCCO2)CC1. The Balaban J connectivity index is 1.79. The Hall–Kier alpha value is -1.14. The van der Waals surface area contributed by atoms with Crippen molar-refractivity contribution in [3.05, 3.63) is 0 Å². The first-order chi connectivity index (χ1) is 9.63. The molecule has 1 unspecified atom stereocenters. The van der Waals surface area contributed by atoms with Gasteiger partial charge in [-0.3, -0.25) is 9.59 Å². The van der Waals surface area contributed by atoms with E-state index in [0.717, 1.165) is 19.3 Å². The molecule has 0 spiro atoms. The van der Waals surface area contributed by atoms with Crippen molar-refractivity contribution in [2.24, 2.45) is 5.73 Å². The molecule has 0 radical (unpaired) electrons. The molecular formula is C14H25N3O3. The molecule has 0 aromatic heterocycles. The minimum atomic E-state index is -0.402. The molecular weight excluding hydrogens is 258 g/mol. The third-order valence-electron chi connectivity index (χ3n) is 4.03. The highest BCUT2D eigenvalue weighted by Gasteiger charge is 2.32. The largest absolute Gasteiger partial charge is 0.368 e. The van der Waals surface area contributed by atoms with Crippen molar-refractivity contribution >= 4 is 11.8 Å². The van der Waals surface area contributed by atoms with Crippen LogP contribution in [0.5, 0.6) is 0 Å². The maximum Gasteiger partial charge on any atom is 0.251 e. The molecule has 2 saturated heterocycles. The lowest BCUT2D eigenvalue weighted by Gasteiger charge is -2.36. The number of carbonyl (C=O) groups is 2. The molecule has 2 amide bonds. The summed E-state index contributed by atoms with van der Waals surface area (Å²) in [7, 11) is 0. The van der Waals surface area contributed by atoms with Crippen molar-refractivity contribution in [2.75, 3.05) is 32.8 Å². The van der Waals surface area contributed by atoms with Crippen LogP contribution in [0.1, 0.15) is 32.6 Å². The zero-order valence-electron chi connectivity index (χ0n) is 12.2. The standard InChI is InChI=1S/C14H25N3O3/c1-2-4-11(15)13(18)16-6-8-17(9-7-16)14(19)12-5-3-10-20-12/h11-12H,2-10,15H2,1H3/t11-,12?/m0/s1. The van der Waals surface area contributed by atoms with Gasteiger partial charge in [-0.25, -0.2) is 0 Å². The molecule has 2 atom stereocenters. The van der Waals surface area contributed by atoms with Gasteiger partial charge in [0.2, 0.25) is 5.91 Å². The first-order valence-electron chi connectivity index (χ1n) is 7.58. The predicted octanol–water partition coefficient (Wildman–Crippen LogP) is -0.0364. The number of nitrogens with zero attached hydrogens (tertiary/aromatic N) is 2. The van der Waals surface area contributed by atoms with E-state index < -0.39 is 6.04 Å². The summed E-state index contributed by atoms with van der Waals surface area (Å²) in [5.41, 5.74) is 5.86. The maximum absolute atomic E-state index is 12.2. The van der Waals surface area contributed by atoms with E-state index in [1.807, 2.05) is 11.8 Å². The summed E-state index contributed by atoms with van der Waals surface area (Å²) in [6.07, 6.45) is 3.14. The van der Waals surface area contributed by atoms with Crippen LogP contribution in [0.15, 0.2) is 0 Å². The molecule has 0 bridgehead atoms. The Labute approximate surface area is 120 Å². The number of hydrogen-bond donors (Lipinski definition) is 1. The lowest BCUT2D eigenvalue weighted by molar-refractivity contribution is -0.146. The van der Waals surface area contributed by atoms with E-state index in [2.05, 4.69) is 0 Å². The van der Waals surface area contributed by atoms with Crippen LogP contribution in [0.4, 0.5) is 0 Å². The zero-order chi connectivity index (χ0) is 14.5. The van der Waals surface area contributed by atoms with Gasteiger partial charge in [0.1, 0.15) is 6.10 Å². The molecule has 0 aromatic rings. The Kier molecular flexibility index (Phi) is 5.37. The second kappa shape index (κ2) is 7.04. The number of rotatable bonds is 4. The zero-order valence-corrected chi connectivity index (χ0v) is 12.2. The minimum absolute atomic E-state index is 0.0102. The summed E-state index contributed by atoms with van der Waals surface area (Å²) in [6.45, 7) is 5.03. The van der Waals surface area contributed by atoms with E-state index in [1.54, 1.807) is 4.90 Å². The van der Waals surface area contributed by atoms with E-state index in [9.17, 15) is 9.59 Å². The van der Waals surface area contributed by atoms with E-state index in [1.165, 1.54) is 0 Å². The van der Waals surface area contributed by atoms with Crippen LogP contribution < -0.4 is 5.73 Å². The number of ether oxygens (including phenoxy) is 1. The van der Waals surface area contributed by atoms with E-state index >= 15 is 0 Å². The summed E-state index contributed by atoms with van der Waals surface area (Å²) in [6, 6.07) is -0.402. The Morgan fingerprint density at radius 1 is 1.25 bits per heavy atom. The van der Waals surface area contributed by atoms with Gasteiger partial charge in [0.15, 0.2) is 0 Å². The maximum atomic E-state index is 12.2. The van der Waals surface area contributed by atoms with Crippen molar-refractivity contribution in [1.82, 2.24) is 9.80 Å². The van der Waals surface area contributed by atoms with Crippen LogP contribution in [-0.2, 0) is 14.3 Å². The molecule has 20 heavy (non-hydrogen) atoms. The predicted molar refractivity (Wildman–Crippen MR) is 75.0 cm³/mol. The summed E-state index contributed by atoms with van der Waals surface area (Å²) in [5, 5.41) is 0. The Morgan fingerprint density at radius 3 is 2.45 bits per heavy atom. The van der Waals surface area contributed by atoms with Gasteiger partial charge >= 0.3 is 0 Å². The second-order valence-corrected chi connectivity index (χ2v) is 5.55. The topological polar surface area (TPSA) is 75.9 Å².